The molecule has 0 fully saturated rings. The number of nitro groups is 1. The van der Waals surface area contributed by atoms with Gasteiger partial charge >= 0.3 is 5.82 Å². The van der Waals surface area contributed by atoms with Crippen LogP contribution in [0.3, 0.4) is 0 Å². The summed E-state index contributed by atoms with van der Waals surface area (Å²) in [6.07, 6.45) is 1.52. The lowest BCUT2D eigenvalue weighted by molar-refractivity contribution is -0.389. The standard InChI is InChI=1S/C20H17N5O3S/c1-13-21-18(25(27)28)12-24(13)10-9-19(26)22-15-6-4-5-14(11-15)20-23-16-7-2-3-8-17(16)29-20/h2-8,11-12H,9-10H2,1H3,(H,22,26). The maximum absolute atomic E-state index is 12.3. The lowest BCUT2D eigenvalue weighted by Gasteiger charge is -2.07. The molecular formula is C20H17N5O3S. The molecule has 8 nitrogen and oxygen atoms in total. The third-order valence-electron chi connectivity index (χ3n) is 4.42. The fourth-order valence-corrected chi connectivity index (χ4v) is 3.94. The van der Waals surface area contributed by atoms with Gasteiger partial charge in [-0.3, -0.25) is 4.79 Å². The first kappa shape index (κ1) is 18.8. The van der Waals surface area contributed by atoms with E-state index in [0.717, 1.165) is 20.8 Å². The predicted octanol–water partition coefficient (Wildman–Crippen LogP) is 4.41. The van der Waals surface area contributed by atoms with Crippen LogP contribution in [0.25, 0.3) is 20.8 Å². The van der Waals surface area contributed by atoms with Crippen LogP contribution < -0.4 is 5.32 Å². The minimum absolute atomic E-state index is 0.179. The second-order valence-corrected chi connectivity index (χ2v) is 7.49. The van der Waals surface area contributed by atoms with Gasteiger partial charge in [-0.25, -0.2) is 4.98 Å². The number of nitrogens with zero attached hydrogens (tertiary/aromatic N) is 4. The van der Waals surface area contributed by atoms with Gasteiger partial charge in [0.25, 0.3) is 0 Å². The number of hydrogen-bond donors (Lipinski definition) is 1. The van der Waals surface area contributed by atoms with E-state index in [-0.39, 0.29) is 18.1 Å². The first-order chi connectivity index (χ1) is 14.0. The predicted molar refractivity (Wildman–Crippen MR) is 112 cm³/mol. The van der Waals surface area contributed by atoms with E-state index in [1.54, 1.807) is 22.8 Å². The molecule has 0 aliphatic heterocycles. The van der Waals surface area contributed by atoms with E-state index < -0.39 is 4.92 Å². The van der Waals surface area contributed by atoms with E-state index >= 15 is 0 Å². The van der Waals surface area contributed by atoms with Crippen molar-refractivity contribution in [2.75, 3.05) is 5.32 Å². The second-order valence-electron chi connectivity index (χ2n) is 6.46. The van der Waals surface area contributed by atoms with Gasteiger partial charge in [0.1, 0.15) is 11.2 Å². The summed E-state index contributed by atoms with van der Waals surface area (Å²) in [5, 5.41) is 14.6. The molecule has 1 amide bonds. The van der Waals surface area contributed by atoms with Crippen LogP contribution in [0.1, 0.15) is 12.2 Å². The number of imidazole rings is 1. The monoisotopic (exact) mass is 407 g/mol. The van der Waals surface area contributed by atoms with Crippen molar-refractivity contribution >= 4 is 39.0 Å². The lowest BCUT2D eigenvalue weighted by Crippen LogP contribution is -2.14. The molecule has 0 atom stereocenters. The molecule has 1 N–H and O–H groups in total. The summed E-state index contributed by atoms with van der Waals surface area (Å²) in [7, 11) is 0. The second kappa shape index (κ2) is 7.80. The zero-order valence-electron chi connectivity index (χ0n) is 15.5. The Bertz CT molecular complexity index is 1180. The Balaban J connectivity index is 1.43. The SMILES string of the molecule is Cc1nc([N+](=O)[O-])cn1CCC(=O)Nc1cccc(-c2nc3ccccc3s2)c1. The molecular weight excluding hydrogens is 390 g/mol. The minimum Gasteiger partial charge on any atom is -0.358 e. The van der Waals surface area contributed by atoms with Crippen LogP contribution >= 0.6 is 11.3 Å². The summed E-state index contributed by atoms with van der Waals surface area (Å²) in [6, 6.07) is 15.5. The smallest absolute Gasteiger partial charge is 0.358 e. The topological polar surface area (TPSA) is 103 Å². The molecule has 0 aliphatic carbocycles. The van der Waals surface area contributed by atoms with Crippen molar-refractivity contribution in [3.05, 3.63) is 70.7 Å². The number of para-hydroxylation sites is 1. The van der Waals surface area contributed by atoms with Crippen molar-refractivity contribution in [3.8, 4) is 10.6 Å². The molecule has 29 heavy (non-hydrogen) atoms. The Kier molecular flexibility index (Phi) is 5.05. The van der Waals surface area contributed by atoms with E-state index in [4.69, 9.17) is 0 Å². The normalized spacial score (nSPS) is 10.9. The third kappa shape index (κ3) is 4.14. The largest absolute Gasteiger partial charge is 0.381 e. The van der Waals surface area contributed by atoms with Crippen LogP contribution in [-0.2, 0) is 11.3 Å². The number of benzene rings is 2. The molecule has 0 radical (unpaired) electrons. The molecule has 2 aromatic heterocycles. The quantitative estimate of drug-likeness (QED) is 0.377. The highest BCUT2D eigenvalue weighted by Crippen LogP contribution is 2.31. The van der Waals surface area contributed by atoms with Crippen LogP contribution in [0.2, 0.25) is 0 Å². The summed E-state index contributed by atoms with van der Waals surface area (Å²) in [6.45, 7) is 1.99. The van der Waals surface area contributed by atoms with Gasteiger partial charge in [-0.05, 0) is 34.2 Å². The summed E-state index contributed by atoms with van der Waals surface area (Å²) < 4.78 is 2.72. The van der Waals surface area contributed by atoms with Gasteiger partial charge in [-0.15, -0.1) is 11.3 Å². The number of fused-ring (bicyclic) bond motifs is 1. The number of hydrogen-bond acceptors (Lipinski definition) is 6. The van der Waals surface area contributed by atoms with Gasteiger partial charge in [-0.1, -0.05) is 24.3 Å². The van der Waals surface area contributed by atoms with E-state index in [0.29, 0.717) is 18.1 Å². The van der Waals surface area contributed by atoms with E-state index in [2.05, 4.69) is 15.3 Å². The number of rotatable bonds is 6. The average molecular weight is 407 g/mol. The van der Waals surface area contributed by atoms with Crippen LogP contribution in [0, 0.1) is 17.0 Å². The molecule has 9 heteroatoms. The molecule has 0 saturated carbocycles. The molecule has 4 rings (SSSR count). The van der Waals surface area contributed by atoms with E-state index in [1.807, 2.05) is 48.5 Å². The van der Waals surface area contributed by atoms with Gasteiger partial charge < -0.3 is 20.0 Å². The van der Waals surface area contributed by atoms with Crippen molar-refractivity contribution in [2.45, 2.75) is 19.9 Å². The van der Waals surface area contributed by atoms with Crippen LogP contribution in [-0.4, -0.2) is 25.4 Å². The van der Waals surface area contributed by atoms with Gasteiger partial charge in [0.15, 0.2) is 0 Å². The van der Waals surface area contributed by atoms with Crippen molar-refractivity contribution in [3.63, 3.8) is 0 Å². The summed E-state index contributed by atoms with van der Waals surface area (Å²) in [4.78, 5) is 31.1. The molecule has 0 spiro atoms. The van der Waals surface area contributed by atoms with Crippen molar-refractivity contribution in [1.29, 1.82) is 0 Å². The van der Waals surface area contributed by atoms with Crippen LogP contribution in [0.5, 0.6) is 0 Å². The fourth-order valence-electron chi connectivity index (χ4n) is 2.98. The molecule has 4 aromatic rings. The number of aromatic nitrogens is 3. The van der Waals surface area contributed by atoms with Gasteiger partial charge in [0.05, 0.1) is 10.2 Å². The third-order valence-corrected chi connectivity index (χ3v) is 5.50. The lowest BCUT2D eigenvalue weighted by atomic mass is 10.2. The Hall–Kier alpha value is -3.59. The molecule has 0 saturated heterocycles. The van der Waals surface area contributed by atoms with Gasteiger partial charge in [-0.2, -0.15) is 0 Å². The first-order valence-corrected chi connectivity index (χ1v) is 9.75. The number of carbonyl (C=O) groups excluding carboxylic acids is 1. The maximum atomic E-state index is 12.3. The molecule has 0 aliphatic rings. The molecule has 0 unspecified atom stereocenters. The number of nitrogens with one attached hydrogen (secondary N) is 1. The molecule has 146 valence electrons. The molecule has 2 heterocycles. The Morgan fingerprint density at radius 1 is 1.21 bits per heavy atom. The van der Waals surface area contributed by atoms with Crippen LogP contribution in [0.15, 0.2) is 54.7 Å². The zero-order chi connectivity index (χ0) is 20.4. The summed E-state index contributed by atoms with van der Waals surface area (Å²) in [5.41, 5.74) is 2.57. The number of thiazole rings is 1. The maximum Gasteiger partial charge on any atom is 0.381 e. The number of amides is 1. The van der Waals surface area contributed by atoms with E-state index in [9.17, 15) is 14.9 Å². The Morgan fingerprint density at radius 2 is 2.03 bits per heavy atom. The van der Waals surface area contributed by atoms with Crippen molar-refractivity contribution in [1.82, 2.24) is 14.5 Å². The number of anilines is 1. The number of aryl methyl sites for hydroxylation is 2. The highest BCUT2D eigenvalue weighted by atomic mass is 32.1. The fraction of sp³-hybridized carbons (Fsp3) is 0.150. The zero-order valence-corrected chi connectivity index (χ0v) is 16.3. The van der Waals surface area contributed by atoms with Gasteiger partial charge in [0.2, 0.25) is 11.7 Å². The minimum atomic E-state index is -0.545. The highest BCUT2D eigenvalue weighted by Gasteiger charge is 2.15. The van der Waals surface area contributed by atoms with Crippen LogP contribution in [0.4, 0.5) is 11.5 Å². The van der Waals surface area contributed by atoms with E-state index in [1.165, 1.54) is 6.20 Å². The number of carbonyl (C=O) groups is 1. The Morgan fingerprint density at radius 3 is 2.79 bits per heavy atom. The highest BCUT2D eigenvalue weighted by molar-refractivity contribution is 7.21. The Labute approximate surface area is 170 Å². The van der Waals surface area contributed by atoms with Gasteiger partial charge in [0, 0.05) is 31.1 Å². The van der Waals surface area contributed by atoms with Crippen molar-refractivity contribution < 1.29 is 9.72 Å². The summed E-state index contributed by atoms with van der Waals surface area (Å²) in [5.74, 6) is 0.107. The average Bonchev–Trinajstić information content (AvgIpc) is 3.30. The molecule has 0 bridgehead atoms. The first-order valence-electron chi connectivity index (χ1n) is 8.93. The summed E-state index contributed by atoms with van der Waals surface area (Å²) >= 11 is 1.60. The van der Waals surface area contributed by atoms with Crippen molar-refractivity contribution in [2.24, 2.45) is 0 Å². The molecule has 2 aromatic carbocycles.